The zero-order valence-corrected chi connectivity index (χ0v) is 23.4. The molecule has 3 aromatic rings. The molecule has 1 unspecified atom stereocenters. The quantitative estimate of drug-likeness (QED) is 0.347. The van der Waals surface area contributed by atoms with Crippen molar-refractivity contribution in [2.45, 2.75) is 70.5 Å². The first-order chi connectivity index (χ1) is 19.7. The number of hydrogen-bond donors (Lipinski definition) is 2. The van der Waals surface area contributed by atoms with Crippen LogP contribution in [0.4, 0.5) is 10.5 Å². The van der Waals surface area contributed by atoms with Crippen LogP contribution in [0.15, 0.2) is 72.8 Å². The highest BCUT2D eigenvalue weighted by molar-refractivity contribution is 6.09. The van der Waals surface area contributed by atoms with Crippen LogP contribution in [0, 0.1) is 13.8 Å². The molecule has 41 heavy (non-hydrogen) atoms. The molecule has 1 aliphatic heterocycles. The number of imide groups is 1. The van der Waals surface area contributed by atoms with Gasteiger partial charge in [-0.1, -0.05) is 79.9 Å². The van der Waals surface area contributed by atoms with E-state index in [1.807, 2.05) is 62.4 Å². The normalized spacial score (nSPS) is 17.1. The maximum atomic E-state index is 13.9. The van der Waals surface area contributed by atoms with Gasteiger partial charge in [-0.2, -0.15) is 0 Å². The number of urea groups is 1. The summed E-state index contributed by atoms with van der Waals surface area (Å²) in [6.45, 7) is 4.02. The van der Waals surface area contributed by atoms with Gasteiger partial charge in [-0.3, -0.25) is 9.59 Å². The minimum absolute atomic E-state index is 0.0345. The lowest BCUT2D eigenvalue weighted by Gasteiger charge is -2.38. The fourth-order valence-electron chi connectivity index (χ4n) is 6.22. The fourth-order valence-corrected chi connectivity index (χ4v) is 6.22. The van der Waals surface area contributed by atoms with Crippen molar-refractivity contribution in [3.63, 3.8) is 0 Å². The van der Waals surface area contributed by atoms with E-state index in [-0.39, 0.29) is 18.9 Å². The highest BCUT2D eigenvalue weighted by Gasteiger charge is 2.59. The van der Waals surface area contributed by atoms with Crippen LogP contribution >= 0.6 is 0 Å². The van der Waals surface area contributed by atoms with E-state index in [0.717, 1.165) is 40.9 Å². The SMILES string of the molecule is Cc1cccc(C)c1C(=O)Nc1ccc(CC(C(=O)O)N2C(=O)N(Cc3ccccc3)C3(CCCCC3)C2=O)cc1. The van der Waals surface area contributed by atoms with Gasteiger partial charge in [0.2, 0.25) is 0 Å². The second kappa shape index (κ2) is 11.6. The highest BCUT2D eigenvalue weighted by Crippen LogP contribution is 2.42. The van der Waals surface area contributed by atoms with Crippen molar-refractivity contribution in [3.8, 4) is 0 Å². The molecule has 0 aromatic heterocycles. The Labute approximate surface area is 240 Å². The molecule has 1 saturated heterocycles. The van der Waals surface area contributed by atoms with Crippen LogP contribution in [-0.2, 0) is 22.6 Å². The molecule has 2 N–H and O–H groups in total. The molecule has 8 nitrogen and oxygen atoms in total. The topological polar surface area (TPSA) is 107 Å². The molecule has 1 heterocycles. The molecular weight excluding hydrogens is 518 g/mol. The van der Waals surface area contributed by atoms with Gasteiger partial charge in [0.25, 0.3) is 11.8 Å². The smallest absolute Gasteiger partial charge is 0.328 e. The van der Waals surface area contributed by atoms with Crippen LogP contribution in [-0.4, -0.2) is 50.3 Å². The van der Waals surface area contributed by atoms with Gasteiger partial charge in [0.1, 0.15) is 11.6 Å². The Hall–Kier alpha value is -4.46. The number of carbonyl (C=O) groups is 4. The Morgan fingerprint density at radius 1 is 0.854 bits per heavy atom. The fraction of sp³-hybridized carbons (Fsp3) is 0.333. The van der Waals surface area contributed by atoms with Crippen molar-refractivity contribution in [1.82, 2.24) is 9.80 Å². The number of amides is 4. The highest BCUT2D eigenvalue weighted by atomic mass is 16.4. The van der Waals surface area contributed by atoms with Gasteiger partial charge >= 0.3 is 12.0 Å². The molecule has 1 saturated carbocycles. The van der Waals surface area contributed by atoms with Gasteiger partial charge < -0.3 is 15.3 Å². The number of anilines is 1. The van der Waals surface area contributed by atoms with E-state index in [2.05, 4.69) is 5.32 Å². The summed E-state index contributed by atoms with van der Waals surface area (Å²) in [5, 5.41) is 13.1. The zero-order chi connectivity index (χ0) is 29.1. The van der Waals surface area contributed by atoms with Gasteiger partial charge in [-0.05, 0) is 61.1 Å². The summed E-state index contributed by atoms with van der Waals surface area (Å²) < 4.78 is 0. The molecule has 3 aromatic carbocycles. The molecule has 2 fully saturated rings. The average molecular weight is 554 g/mol. The molecular formula is C33H35N3O5. The van der Waals surface area contributed by atoms with Crippen molar-refractivity contribution in [1.29, 1.82) is 0 Å². The number of carboxylic acid groups (broad SMARTS) is 1. The van der Waals surface area contributed by atoms with E-state index < -0.39 is 29.5 Å². The Morgan fingerprint density at radius 2 is 1.49 bits per heavy atom. The molecule has 1 spiro atoms. The lowest BCUT2D eigenvalue weighted by atomic mass is 9.80. The number of aliphatic carboxylic acids is 1. The van der Waals surface area contributed by atoms with Crippen molar-refractivity contribution in [2.24, 2.45) is 0 Å². The number of carboxylic acids is 1. The molecule has 0 radical (unpaired) electrons. The van der Waals surface area contributed by atoms with E-state index in [4.69, 9.17) is 0 Å². The number of carbonyl (C=O) groups excluding carboxylic acids is 3. The second-order valence-corrected chi connectivity index (χ2v) is 11.1. The lowest BCUT2D eigenvalue weighted by molar-refractivity contribution is -0.148. The van der Waals surface area contributed by atoms with Gasteiger partial charge in [-0.15, -0.1) is 0 Å². The Kier molecular flexibility index (Phi) is 7.92. The monoisotopic (exact) mass is 553 g/mol. The molecule has 4 amide bonds. The van der Waals surface area contributed by atoms with Crippen molar-refractivity contribution in [3.05, 3.63) is 101 Å². The van der Waals surface area contributed by atoms with Crippen LogP contribution in [0.5, 0.6) is 0 Å². The van der Waals surface area contributed by atoms with Crippen LogP contribution < -0.4 is 5.32 Å². The Morgan fingerprint density at radius 3 is 2.10 bits per heavy atom. The largest absolute Gasteiger partial charge is 0.480 e. The lowest BCUT2D eigenvalue weighted by Crippen LogP contribution is -2.51. The average Bonchev–Trinajstić information content (AvgIpc) is 3.14. The predicted octanol–water partition coefficient (Wildman–Crippen LogP) is 5.72. The van der Waals surface area contributed by atoms with Gasteiger partial charge in [-0.25, -0.2) is 14.5 Å². The van der Waals surface area contributed by atoms with E-state index in [1.165, 1.54) is 0 Å². The molecule has 8 heteroatoms. The summed E-state index contributed by atoms with van der Waals surface area (Å²) in [5.74, 6) is -1.86. The summed E-state index contributed by atoms with van der Waals surface area (Å²) >= 11 is 0. The van der Waals surface area contributed by atoms with E-state index >= 15 is 0 Å². The Balaban J connectivity index is 1.36. The van der Waals surface area contributed by atoms with E-state index in [9.17, 15) is 24.3 Å². The first-order valence-corrected chi connectivity index (χ1v) is 14.1. The van der Waals surface area contributed by atoms with Gasteiger partial charge in [0.05, 0.1) is 0 Å². The summed E-state index contributed by atoms with van der Waals surface area (Å²) in [7, 11) is 0. The first-order valence-electron chi connectivity index (χ1n) is 14.1. The minimum atomic E-state index is -1.34. The number of rotatable bonds is 8. The number of hydrogen-bond acceptors (Lipinski definition) is 4. The van der Waals surface area contributed by atoms with Gasteiger partial charge in [0, 0.05) is 24.2 Å². The summed E-state index contributed by atoms with van der Waals surface area (Å²) in [4.78, 5) is 55.8. The van der Waals surface area contributed by atoms with Crippen LogP contribution in [0.2, 0.25) is 0 Å². The third-order valence-electron chi connectivity index (χ3n) is 8.38. The standard InChI is InChI=1S/C33H35N3O5/c1-22-10-9-11-23(2)28(22)29(37)34-26-16-14-24(15-17-26)20-27(30(38)39)36-31(40)33(18-7-4-8-19-33)35(32(36)41)21-25-12-5-3-6-13-25/h3,5-6,9-17,27H,4,7-8,18-21H2,1-2H3,(H,34,37)(H,38,39). The molecule has 0 bridgehead atoms. The Bertz CT molecular complexity index is 1440. The molecule has 2 aliphatic rings. The predicted molar refractivity (Wildman–Crippen MR) is 155 cm³/mol. The second-order valence-electron chi connectivity index (χ2n) is 11.1. The molecule has 5 rings (SSSR count). The van der Waals surface area contributed by atoms with Crippen molar-refractivity contribution >= 4 is 29.5 Å². The van der Waals surface area contributed by atoms with E-state index in [0.29, 0.717) is 29.7 Å². The third-order valence-corrected chi connectivity index (χ3v) is 8.38. The number of nitrogens with zero attached hydrogens (tertiary/aromatic N) is 2. The third kappa shape index (κ3) is 5.46. The van der Waals surface area contributed by atoms with Crippen molar-refractivity contribution in [2.75, 3.05) is 5.32 Å². The maximum Gasteiger partial charge on any atom is 0.328 e. The molecule has 212 valence electrons. The summed E-state index contributed by atoms with van der Waals surface area (Å²) in [6, 6.07) is 20.1. The first kappa shape index (κ1) is 28.1. The summed E-state index contributed by atoms with van der Waals surface area (Å²) in [6.07, 6.45) is 3.63. The van der Waals surface area contributed by atoms with Crippen LogP contribution in [0.3, 0.4) is 0 Å². The zero-order valence-electron chi connectivity index (χ0n) is 23.4. The molecule has 1 atom stereocenters. The number of benzene rings is 3. The van der Waals surface area contributed by atoms with E-state index in [1.54, 1.807) is 29.2 Å². The summed E-state index contributed by atoms with van der Waals surface area (Å²) in [5.41, 5.74) is 3.46. The maximum absolute atomic E-state index is 13.9. The molecule has 1 aliphatic carbocycles. The number of nitrogens with one attached hydrogen (secondary N) is 1. The van der Waals surface area contributed by atoms with Gasteiger partial charge in [0.15, 0.2) is 0 Å². The van der Waals surface area contributed by atoms with Crippen molar-refractivity contribution < 1.29 is 24.3 Å². The minimum Gasteiger partial charge on any atom is -0.480 e. The number of aryl methyl sites for hydroxylation is 2. The van der Waals surface area contributed by atoms with Crippen LogP contribution in [0.1, 0.15) is 64.7 Å². The van der Waals surface area contributed by atoms with Crippen LogP contribution in [0.25, 0.3) is 0 Å².